The summed E-state index contributed by atoms with van der Waals surface area (Å²) in [5.41, 5.74) is 0.0483. The van der Waals surface area contributed by atoms with E-state index in [1.165, 1.54) is 25.3 Å². The van der Waals surface area contributed by atoms with Crippen molar-refractivity contribution in [1.82, 2.24) is 9.97 Å². The molecule has 0 bridgehead atoms. The van der Waals surface area contributed by atoms with Crippen LogP contribution in [-0.2, 0) is 16.0 Å². The maximum atomic E-state index is 14.4. The van der Waals surface area contributed by atoms with Gasteiger partial charge in [-0.2, -0.15) is 4.39 Å². The second-order valence-electron chi connectivity index (χ2n) is 5.18. The number of nitrogens with one attached hydrogen (secondary N) is 1. The second-order valence-corrected chi connectivity index (χ2v) is 5.18. The Kier molecular flexibility index (Phi) is 4.92. The van der Waals surface area contributed by atoms with Crippen LogP contribution in [0, 0.1) is 12.9 Å². The van der Waals surface area contributed by atoms with Crippen LogP contribution in [0.5, 0.6) is 0 Å². The molecule has 0 radical (unpaired) electrons. The number of aromatic amines is 1. The molecule has 1 amide bonds. The number of hydrogen-bond acceptors (Lipinski definition) is 5. The maximum absolute atomic E-state index is 14.4. The number of aryl methyl sites for hydroxylation is 1. The van der Waals surface area contributed by atoms with E-state index in [0.29, 0.717) is 0 Å². The Morgan fingerprint density at radius 3 is 2.83 bits per heavy atom. The Labute approximate surface area is 147 Å². The quantitative estimate of drug-likeness (QED) is 0.456. The summed E-state index contributed by atoms with van der Waals surface area (Å²) < 4.78 is 14.4. The molecule has 0 spiro atoms. The third-order valence-corrected chi connectivity index (χ3v) is 3.62. The van der Waals surface area contributed by atoms with Gasteiger partial charge in [-0.15, -0.1) is 0 Å². The normalized spacial score (nSPS) is 12.8. The van der Waals surface area contributed by atoms with E-state index in [-0.39, 0.29) is 53.4 Å². The average molecular weight is 323 g/mol. The summed E-state index contributed by atoms with van der Waals surface area (Å²) in [7, 11) is 0. The number of carbonyl (C=O) groups is 2. The first-order valence-electron chi connectivity index (χ1n) is 6.76. The molecule has 0 aliphatic carbocycles. The number of nitrogens with zero attached hydrogens (tertiary/aromatic N) is 2. The van der Waals surface area contributed by atoms with Gasteiger partial charge in [0.05, 0.1) is 30.2 Å². The number of carboxylic acids is 1. The third kappa shape index (κ3) is 2.98. The van der Waals surface area contributed by atoms with E-state index in [2.05, 4.69) is 9.97 Å². The number of aliphatic carboxylic acids is 1. The van der Waals surface area contributed by atoms with Crippen molar-refractivity contribution in [3.8, 4) is 11.1 Å². The average Bonchev–Trinajstić information content (AvgIpc) is 2.56. The van der Waals surface area contributed by atoms with Gasteiger partial charge in [0.15, 0.2) is 0 Å². The van der Waals surface area contributed by atoms with E-state index < -0.39 is 29.9 Å². The van der Waals surface area contributed by atoms with Gasteiger partial charge in [0, 0.05) is 17.5 Å². The molecule has 2 aromatic heterocycles. The van der Waals surface area contributed by atoms with Gasteiger partial charge in [-0.3, -0.25) is 9.59 Å². The van der Waals surface area contributed by atoms with Crippen LogP contribution in [0.4, 0.5) is 10.1 Å². The van der Waals surface area contributed by atoms with E-state index in [9.17, 15) is 23.9 Å². The molecule has 3 rings (SSSR count). The van der Waals surface area contributed by atoms with Gasteiger partial charge < -0.3 is 19.8 Å². The number of anilines is 1. The summed E-state index contributed by atoms with van der Waals surface area (Å²) in [5.74, 6) is -2.99. The van der Waals surface area contributed by atoms with Crippen LogP contribution in [0.15, 0.2) is 23.1 Å². The standard InChI is InChI=1S/C15H12FN3O4.Li/c1-7-4-10-13(14(16)18-7)8-2-3-17-15(23)9(8)5-11(20)19(10)6-12(21)22;/h2-4H,5-6H2,1H3,(H,17,23)(H,21,22);/q;+1/p-1. The minimum absolute atomic E-state index is 0. The van der Waals surface area contributed by atoms with E-state index in [4.69, 9.17) is 0 Å². The fraction of sp³-hybridized carbons (Fsp3) is 0.200. The SMILES string of the molecule is Cc1cc2c(c(F)n1)-c1cc[nH]c(=O)c1CC(=O)N2CC(=O)[O-].[Li+]. The number of pyridine rings is 2. The first-order valence-corrected chi connectivity index (χ1v) is 6.76. The zero-order chi connectivity index (χ0) is 16.7. The fourth-order valence-corrected chi connectivity index (χ4v) is 2.68. The van der Waals surface area contributed by atoms with Gasteiger partial charge in [-0.25, -0.2) is 4.98 Å². The van der Waals surface area contributed by atoms with Gasteiger partial charge in [-0.05, 0) is 24.6 Å². The summed E-state index contributed by atoms with van der Waals surface area (Å²) >= 11 is 0. The van der Waals surface area contributed by atoms with Crippen molar-refractivity contribution < 1.29 is 37.9 Å². The van der Waals surface area contributed by atoms with E-state index in [1.807, 2.05) is 0 Å². The molecule has 24 heavy (non-hydrogen) atoms. The van der Waals surface area contributed by atoms with Gasteiger partial charge in [-0.1, -0.05) is 0 Å². The number of aromatic nitrogens is 2. The fourth-order valence-electron chi connectivity index (χ4n) is 2.68. The number of rotatable bonds is 2. The molecule has 0 saturated carbocycles. The molecular formula is C15H11FLiN3O4. The van der Waals surface area contributed by atoms with Gasteiger partial charge in [0.1, 0.15) is 0 Å². The first-order chi connectivity index (χ1) is 10.9. The van der Waals surface area contributed by atoms with E-state index >= 15 is 0 Å². The van der Waals surface area contributed by atoms with Gasteiger partial charge in [0.2, 0.25) is 11.9 Å². The Morgan fingerprint density at radius 1 is 1.46 bits per heavy atom. The van der Waals surface area contributed by atoms with E-state index in [1.54, 1.807) is 0 Å². The minimum atomic E-state index is -1.49. The van der Waals surface area contributed by atoms with Crippen molar-refractivity contribution in [3.63, 3.8) is 0 Å². The van der Waals surface area contributed by atoms with Crippen LogP contribution in [0.1, 0.15) is 11.3 Å². The number of carboxylic acid groups (broad SMARTS) is 1. The molecule has 0 fully saturated rings. The Balaban J connectivity index is 0.00000208. The molecule has 118 valence electrons. The Bertz CT molecular complexity index is 897. The van der Waals surface area contributed by atoms with Gasteiger partial charge >= 0.3 is 18.9 Å². The summed E-state index contributed by atoms with van der Waals surface area (Å²) in [5, 5.41) is 11.0. The molecule has 1 aliphatic rings. The molecule has 0 unspecified atom stereocenters. The predicted molar refractivity (Wildman–Crippen MR) is 76.1 cm³/mol. The van der Waals surface area contributed by atoms with Crippen LogP contribution >= 0.6 is 0 Å². The molecule has 9 heteroatoms. The van der Waals surface area contributed by atoms with E-state index in [0.717, 1.165) is 4.90 Å². The third-order valence-electron chi connectivity index (χ3n) is 3.62. The van der Waals surface area contributed by atoms with Crippen molar-refractivity contribution in [1.29, 1.82) is 0 Å². The van der Waals surface area contributed by atoms with Crippen LogP contribution in [0.2, 0.25) is 0 Å². The van der Waals surface area contributed by atoms with Crippen molar-refractivity contribution in [2.45, 2.75) is 13.3 Å². The molecular weight excluding hydrogens is 312 g/mol. The number of fused-ring (bicyclic) bond motifs is 3. The summed E-state index contributed by atoms with van der Waals surface area (Å²) in [4.78, 5) is 42.4. The summed E-state index contributed by atoms with van der Waals surface area (Å²) in [6, 6.07) is 2.88. The van der Waals surface area contributed by atoms with Crippen LogP contribution in [0.25, 0.3) is 11.1 Å². The number of halogens is 1. The smallest absolute Gasteiger partial charge is 0.548 e. The molecule has 0 saturated heterocycles. The number of carbonyl (C=O) groups excluding carboxylic acids is 2. The van der Waals surface area contributed by atoms with Gasteiger partial charge in [0.25, 0.3) is 5.56 Å². The van der Waals surface area contributed by atoms with Crippen molar-refractivity contribution >= 4 is 17.6 Å². The molecule has 1 N–H and O–H groups in total. The van der Waals surface area contributed by atoms with Crippen LogP contribution in [0.3, 0.4) is 0 Å². The van der Waals surface area contributed by atoms with Crippen molar-refractivity contribution in [2.75, 3.05) is 11.4 Å². The topological polar surface area (TPSA) is 106 Å². The number of amides is 1. The molecule has 1 aliphatic heterocycles. The molecule has 2 aromatic rings. The monoisotopic (exact) mass is 323 g/mol. The molecule has 0 atom stereocenters. The second kappa shape index (κ2) is 6.59. The van der Waals surface area contributed by atoms with Crippen molar-refractivity contribution in [2.24, 2.45) is 0 Å². The molecule has 7 nitrogen and oxygen atoms in total. The summed E-state index contributed by atoms with van der Waals surface area (Å²) in [6.07, 6.45) is 0.995. The van der Waals surface area contributed by atoms with Crippen LogP contribution < -0.4 is 34.4 Å². The zero-order valence-corrected chi connectivity index (χ0v) is 13.1. The Morgan fingerprint density at radius 2 is 2.17 bits per heavy atom. The first kappa shape index (κ1) is 17.9. The predicted octanol–water partition coefficient (Wildman–Crippen LogP) is -3.47. The molecule has 0 aromatic carbocycles. The summed E-state index contributed by atoms with van der Waals surface area (Å²) in [6.45, 7) is 0.787. The number of H-pyrrole nitrogens is 1. The zero-order valence-electron chi connectivity index (χ0n) is 13.1. The number of hydrogen-bond donors (Lipinski definition) is 1. The van der Waals surface area contributed by atoms with Crippen molar-refractivity contribution in [3.05, 3.63) is 45.9 Å². The van der Waals surface area contributed by atoms with Crippen LogP contribution in [-0.4, -0.2) is 28.4 Å². The maximum Gasteiger partial charge on any atom is 1.00 e. The molecule has 3 heterocycles. The Hall–Kier alpha value is -2.43. The minimum Gasteiger partial charge on any atom is -0.548 e. The largest absolute Gasteiger partial charge is 1.00 e.